The monoisotopic (exact) mass is 567 g/mol. The van der Waals surface area contributed by atoms with Gasteiger partial charge in [-0.05, 0) is 54.5 Å². The first-order chi connectivity index (χ1) is 18.4. The highest BCUT2D eigenvalue weighted by Crippen LogP contribution is 2.29. The number of carbonyl (C=O) groups is 2. The van der Waals surface area contributed by atoms with Gasteiger partial charge in [0.05, 0.1) is 24.3 Å². The molecule has 4 rings (SSSR count). The highest BCUT2D eigenvalue weighted by Gasteiger charge is 2.25. The highest BCUT2D eigenvalue weighted by atomic mass is 32.2. The molecule has 8 nitrogen and oxygen atoms in total. The minimum absolute atomic E-state index is 0.0551. The van der Waals surface area contributed by atoms with Crippen LogP contribution in [-0.2, 0) is 33.7 Å². The second-order valence-corrected chi connectivity index (χ2v) is 11.1. The van der Waals surface area contributed by atoms with Crippen molar-refractivity contribution in [3.63, 3.8) is 0 Å². The van der Waals surface area contributed by atoms with E-state index in [-0.39, 0.29) is 18.2 Å². The van der Waals surface area contributed by atoms with Gasteiger partial charge in [-0.2, -0.15) is 11.3 Å². The van der Waals surface area contributed by atoms with Gasteiger partial charge in [-0.3, -0.25) is 19.1 Å². The predicted molar refractivity (Wildman–Crippen MR) is 152 cm³/mol. The lowest BCUT2D eigenvalue weighted by Crippen LogP contribution is -2.48. The first kappa shape index (κ1) is 27.8. The van der Waals surface area contributed by atoms with Crippen LogP contribution >= 0.6 is 22.7 Å². The molecule has 3 atom stereocenters. The maximum atomic E-state index is 13.6. The van der Waals surface area contributed by atoms with Gasteiger partial charge in [-0.25, -0.2) is 4.98 Å². The van der Waals surface area contributed by atoms with E-state index >= 15 is 0 Å². The van der Waals surface area contributed by atoms with Crippen molar-refractivity contribution in [1.82, 2.24) is 15.6 Å². The molecule has 0 spiro atoms. The summed E-state index contributed by atoms with van der Waals surface area (Å²) >= 11 is 0.659. The lowest BCUT2D eigenvalue weighted by atomic mass is 10.0. The predicted octanol–water partition coefficient (Wildman–Crippen LogP) is 4.27. The number of hydrogen-bond acceptors (Lipinski definition) is 8. The van der Waals surface area contributed by atoms with E-state index in [1.165, 1.54) is 18.3 Å². The number of carbonyl (C=O) groups excluding carboxylic acids is 2. The molecule has 0 fully saturated rings. The lowest BCUT2D eigenvalue weighted by molar-refractivity contribution is -0.124. The van der Waals surface area contributed by atoms with E-state index in [1.807, 2.05) is 64.7 Å². The molecule has 2 heterocycles. The minimum Gasteiger partial charge on any atom is -0.755 e. The van der Waals surface area contributed by atoms with Crippen molar-refractivity contribution in [2.24, 2.45) is 0 Å². The van der Waals surface area contributed by atoms with E-state index < -0.39 is 23.4 Å². The van der Waals surface area contributed by atoms with E-state index in [4.69, 9.17) is 4.98 Å². The molecule has 11 heteroatoms. The van der Waals surface area contributed by atoms with Gasteiger partial charge < -0.3 is 14.6 Å². The summed E-state index contributed by atoms with van der Waals surface area (Å²) < 4.78 is 24.2. The largest absolute Gasteiger partial charge is 0.755 e. The summed E-state index contributed by atoms with van der Waals surface area (Å²) in [4.78, 5) is 30.1. The van der Waals surface area contributed by atoms with Crippen LogP contribution in [0.5, 0.6) is 0 Å². The van der Waals surface area contributed by atoms with Gasteiger partial charge in [0.25, 0.3) is 0 Å². The molecule has 4 aromatic rings. The van der Waals surface area contributed by atoms with Crippen LogP contribution in [-0.4, -0.2) is 38.0 Å². The Bertz CT molecular complexity index is 1360. The summed E-state index contributed by atoms with van der Waals surface area (Å²) in [6.07, 6.45) is 0.880. The molecule has 2 aromatic heterocycles. The second-order valence-electron chi connectivity index (χ2n) is 8.71. The minimum atomic E-state index is -2.41. The summed E-state index contributed by atoms with van der Waals surface area (Å²) in [5.74, 6) is -0.284. The summed E-state index contributed by atoms with van der Waals surface area (Å²) in [6.45, 7) is 1.57. The van der Waals surface area contributed by atoms with Gasteiger partial charge in [0, 0.05) is 33.3 Å². The topological polar surface area (TPSA) is 123 Å². The van der Waals surface area contributed by atoms with Crippen molar-refractivity contribution in [1.29, 1.82) is 0 Å². The Kier molecular flexibility index (Phi) is 9.91. The highest BCUT2D eigenvalue weighted by molar-refractivity contribution is 7.80. The van der Waals surface area contributed by atoms with Crippen molar-refractivity contribution < 1.29 is 18.4 Å². The number of amides is 1. The molecular formula is C27H27N4O4S3-. The van der Waals surface area contributed by atoms with E-state index in [1.54, 1.807) is 23.5 Å². The number of anilines is 1. The zero-order valence-electron chi connectivity index (χ0n) is 20.6. The molecule has 0 bridgehead atoms. The summed E-state index contributed by atoms with van der Waals surface area (Å²) in [6, 6.07) is 17.6. The lowest BCUT2D eigenvalue weighted by Gasteiger charge is -2.23. The second kappa shape index (κ2) is 13.5. The fourth-order valence-electron chi connectivity index (χ4n) is 3.88. The normalized spacial score (nSPS) is 13.4. The maximum absolute atomic E-state index is 13.6. The maximum Gasteiger partial charge on any atom is 0.238 e. The fourth-order valence-corrected chi connectivity index (χ4v) is 5.73. The quantitative estimate of drug-likeness (QED) is 0.207. The van der Waals surface area contributed by atoms with E-state index in [2.05, 4.69) is 15.4 Å². The Morgan fingerprint density at radius 3 is 2.39 bits per heavy atom. The van der Waals surface area contributed by atoms with Crippen molar-refractivity contribution in [3.05, 3.63) is 92.9 Å². The third-order valence-corrected chi connectivity index (χ3v) is 7.79. The van der Waals surface area contributed by atoms with Gasteiger partial charge in [0.2, 0.25) is 5.91 Å². The van der Waals surface area contributed by atoms with Gasteiger partial charge >= 0.3 is 0 Å². The average molecular weight is 568 g/mol. The first-order valence-electron chi connectivity index (χ1n) is 11.9. The molecule has 198 valence electrons. The first-order valence-corrected chi connectivity index (χ1v) is 14.8. The van der Waals surface area contributed by atoms with Gasteiger partial charge in [0.15, 0.2) is 0 Å². The molecule has 1 unspecified atom stereocenters. The molecule has 0 aliphatic carbocycles. The van der Waals surface area contributed by atoms with Crippen LogP contribution in [0.15, 0.2) is 76.8 Å². The van der Waals surface area contributed by atoms with Crippen LogP contribution in [0, 0.1) is 0 Å². The smallest absolute Gasteiger partial charge is 0.238 e. The van der Waals surface area contributed by atoms with Crippen molar-refractivity contribution in [2.45, 2.75) is 31.8 Å². The van der Waals surface area contributed by atoms with Crippen LogP contribution in [0.3, 0.4) is 0 Å². The fraction of sp³-hybridized carbons (Fsp3) is 0.222. The molecule has 2 aromatic carbocycles. The van der Waals surface area contributed by atoms with Gasteiger partial charge in [-0.15, -0.1) is 11.3 Å². The van der Waals surface area contributed by atoms with Crippen LogP contribution in [0.1, 0.15) is 29.1 Å². The van der Waals surface area contributed by atoms with E-state index in [9.17, 15) is 18.4 Å². The average Bonchev–Trinajstić information content (AvgIpc) is 3.60. The Hall–Kier alpha value is -3.22. The molecule has 1 amide bonds. The molecule has 0 aliphatic rings. The summed E-state index contributed by atoms with van der Waals surface area (Å²) in [5.41, 5.74) is 4.20. The number of thiophene rings is 1. The SMILES string of the molecule is CC(=O)CN[C@@H](Cc1ccccc1)C(=O)N[C@@H](Cc1ccc(NS(=O)[O-])cc1)c1nc(-c2ccsc2)cs1. The molecular weight excluding hydrogens is 541 g/mol. The van der Waals surface area contributed by atoms with E-state index in [0.717, 1.165) is 27.4 Å². The number of ketones is 1. The van der Waals surface area contributed by atoms with Crippen molar-refractivity contribution >= 4 is 51.3 Å². The van der Waals surface area contributed by atoms with Crippen LogP contribution < -0.4 is 15.4 Å². The van der Waals surface area contributed by atoms with Crippen LogP contribution in [0.25, 0.3) is 11.3 Å². The van der Waals surface area contributed by atoms with E-state index in [0.29, 0.717) is 18.5 Å². The molecule has 3 N–H and O–H groups in total. The molecule has 38 heavy (non-hydrogen) atoms. The summed E-state index contributed by atoms with van der Waals surface area (Å²) in [5, 5.41) is 13.0. The number of thiazole rings is 1. The Morgan fingerprint density at radius 1 is 1.00 bits per heavy atom. The number of aromatic nitrogens is 1. The third-order valence-electron chi connectivity index (χ3n) is 5.74. The third kappa shape index (κ3) is 8.14. The summed E-state index contributed by atoms with van der Waals surface area (Å²) in [7, 11) is 0. The standard InChI is InChI=1S/C27H28N4O4S3/c1-18(32)15-28-23(13-19-5-3-2-4-6-19)26(33)29-24(14-20-7-9-22(10-8-20)31-38(34)35)27-30-25(17-37-27)21-11-12-36-16-21/h2-12,16-17,23-24,28,31H,13-15H2,1H3,(H,29,33)(H,34,35)/p-1/t23-,24-/m0/s1. The number of hydrogen-bond donors (Lipinski definition) is 3. The number of rotatable bonds is 13. The van der Waals surface area contributed by atoms with Crippen molar-refractivity contribution in [3.8, 4) is 11.3 Å². The Balaban J connectivity index is 1.57. The Labute approximate surface area is 232 Å². The number of nitrogens with zero attached hydrogens (tertiary/aromatic N) is 1. The van der Waals surface area contributed by atoms with Crippen LogP contribution in [0.2, 0.25) is 0 Å². The zero-order chi connectivity index (χ0) is 26.9. The molecule has 0 aliphatic heterocycles. The zero-order valence-corrected chi connectivity index (χ0v) is 23.0. The molecule has 0 saturated carbocycles. The van der Waals surface area contributed by atoms with Crippen molar-refractivity contribution in [2.75, 3.05) is 11.3 Å². The molecule has 0 saturated heterocycles. The van der Waals surface area contributed by atoms with Gasteiger partial charge in [-0.1, -0.05) is 42.5 Å². The number of benzene rings is 2. The van der Waals surface area contributed by atoms with Gasteiger partial charge in [0.1, 0.15) is 10.8 Å². The van der Waals surface area contributed by atoms with Crippen LogP contribution in [0.4, 0.5) is 5.69 Å². The number of Topliss-reactive ketones (excluding diaryl/α,β-unsaturated/α-hetero) is 1. The number of nitrogens with one attached hydrogen (secondary N) is 3. The molecule has 0 radical (unpaired) electrons. The Morgan fingerprint density at radius 2 is 1.74 bits per heavy atom.